The highest BCUT2D eigenvalue weighted by Gasteiger charge is 2.26. The number of benzene rings is 2. The van der Waals surface area contributed by atoms with Crippen molar-refractivity contribution in [2.45, 2.75) is 6.92 Å². The summed E-state index contributed by atoms with van der Waals surface area (Å²) in [7, 11) is 0. The molecular formula is C14H11NO4. The predicted octanol–water partition coefficient (Wildman–Crippen LogP) is 2.84. The summed E-state index contributed by atoms with van der Waals surface area (Å²) in [5.41, 5.74) is 0.0598. The highest BCUT2D eigenvalue weighted by atomic mass is 16.6. The highest BCUT2D eigenvalue weighted by Crippen LogP contribution is 2.32. The third-order valence-electron chi connectivity index (χ3n) is 2.82. The average Bonchev–Trinajstić information content (AvgIpc) is 2.41. The topological polar surface area (TPSA) is 80.4 Å². The number of aromatic hydroxyl groups is 1. The van der Waals surface area contributed by atoms with Crippen LogP contribution in [-0.4, -0.2) is 15.8 Å². The predicted molar refractivity (Wildman–Crippen MR) is 69.4 cm³/mol. The Morgan fingerprint density at radius 1 is 1.16 bits per heavy atom. The zero-order valence-corrected chi connectivity index (χ0v) is 10.2. The lowest BCUT2D eigenvalue weighted by Crippen LogP contribution is -2.06. The van der Waals surface area contributed by atoms with Crippen LogP contribution in [0.25, 0.3) is 0 Å². The number of aryl methyl sites for hydroxylation is 1. The Morgan fingerprint density at radius 2 is 1.79 bits per heavy atom. The average molecular weight is 257 g/mol. The second kappa shape index (κ2) is 4.89. The van der Waals surface area contributed by atoms with Gasteiger partial charge in [-0.25, -0.2) is 0 Å². The molecule has 0 aliphatic heterocycles. The van der Waals surface area contributed by atoms with Gasteiger partial charge in [0.1, 0.15) is 11.3 Å². The summed E-state index contributed by atoms with van der Waals surface area (Å²) < 4.78 is 0. The first kappa shape index (κ1) is 12.8. The van der Waals surface area contributed by atoms with E-state index in [1.807, 2.05) is 0 Å². The SMILES string of the molecule is Cc1ccc([N+](=O)[O-])c(C(=O)c2ccccc2)c1O. The lowest BCUT2D eigenvalue weighted by molar-refractivity contribution is -0.385. The van der Waals surface area contributed by atoms with Crippen molar-refractivity contribution in [1.82, 2.24) is 0 Å². The van der Waals surface area contributed by atoms with E-state index in [0.717, 1.165) is 0 Å². The molecule has 5 nitrogen and oxygen atoms in total. The van der Waals surface area contributed by atoms with Crippen molar-refractivity contribution in [2.75, 3.05) is 0 Å². The van der Waals surface area contributed by atoms with Gasteiger partial charge in [0, 0.05) is 11.6 Å². The van der Waals surface area contributed by atoms with Gasteiger partial charge < -0.3 is 5.11 Å². The normalized spacial score (nSPS) is 10.2. The summed E-state index contributed by atoms with van der Waals surface area (Å²) in [5.74, 6) is -0.906. The number of nitro benzene ring substituents is 1. The lowest BCUT2D eigenvalue weighted by Gasteiger charge is -2.07. The van der Waals surface area contributed by atoms with Crippen molar-refractivity contribution in [2.24, 2.45) is 0 Å². The number of hydrogen-bond acceptors (Lipinski definition) is 4. The van der Waals surface area contributed by atoms with E-state index in [4.69, 9.17) is 0 Å². The molecule has 0 aromatic heterocycles. The van der Waals surface area contributed by atoms with Crippen LogP contribution in [0, 0.1) is 17.0 Å². The summed E-state index contributed by atoms with van der Waals surface area (Å²) >= 11 is 0. The van der Waals surface area contributed by atoms with Gasteiger partial charge in [-0.3, -0.25) is 14.9 Å². The molecule has 0 fully saturated rings. The molecule has 0 bridgehead atoms. The lowest BCUT2D eigenvalue weighted by atomic mass is 9.98. The van der Waals surface area contributed by atoms with Gasteiger partial charge in [-0.2, -0.15) is 0 Å². The Labute approximate surface area is 109 Å². The van der Waals surface area contributed by atoms with Crippen LogP contribution >= 0.6 is 0 Å². The maximum atomic E-state index is 12.3. The van der Waals surface area contributed by atoms with Crippen molar-refractivity contribution in [3.05, 3.63) is 69.3 Å². The van der Waals surface area contributed by atoms with Gasteiger partial charge in [-0.05, 0) is 18.6 Å². The molecule has 0 spiro atoms. The largest absolute Gasteiger partial charge is 0.507 e. The molecule has 5 heteroatoms. The molecule has 0 saturated heterocycles. The van der Waals surface area contributed by atoms with Crippen LogP contribution in [0.4, 0.5) is 5.69 Å². The summed E-state index contributed by atoms with van der Waals surface area (Å²) in [6.45, 7) is 1.58. The van der Waals surface area contributed by atoms with E-state index in [1.54, 1.807) is 37.3 Å². The first-order chi connectivity index (χ1) is 9.02. The molecule has 96 valence electrons. The summed E-state index contributed by atoms with van der Waals surface area (Å²) in [6, 6.07) is 10.8. The smallest absolute Gasteiger partial charge is 0.284 e. The van der Waals surface area contributed by atoms with E-state index < -0.39 is 16.4 Å². The molecule has 1 N–H and O–H groups in total. The number of nitro groups is 1. The zero-order valence-electron chi connectivity index (χ0n) is 10.2. The Kier molecular flexibility index (Phi) is 3.29. The molecule has 0 saturated carbocycles. The summed E-state index contributed by atoms with van der Waals surface area (Å²) in [6.07, 6.45) is 0. The third kappa shape index (κ3) is 2.30. The van der Waals surface area contributed by atoms with E-state index in [1.165, 1.54) is 12.1 Å². The van der Waals surface area contributed by atoms with Crippen LogP contribution in [0.15, 0.2) is 42.5 Å². The first-order valence-corrected chi connectivity index (χ1v) is 5.59. The van der Waals surface area contributed by atoms with Gasteiger partial charge in [-0.1, -0.05) is 30.3 Å². The van der Waals surface area contributed by atoms with Crippen LogP contribution in [0.2, 0.25) is 0 Å². The Morgan fingerprint density at radius 3 is 2.37 bits per heavy atom. The standard InChI is InChI=1S/C14H11NO4/c1-9-7-8-11(15(18)19)12(13(9)16)14(17)10-5-3-2-4-6-10/h2-8,16H,1H3. The first-order valence-electron chi connectivity index (χ1n) is 5.59. The van der Waals surface area contributed by atoms with E-state index in [2.05, 4.69) is 0 Å². The van der Waals surface area contributed by atoms with Crippen molar-refractivity contribution < 1.29 is 14.8 Å². The number of rotatable bonds is 3. The highest BCUT2D eigenvalue weighted by molar-refractivity contribution is 6.13. The molecule has 0 radical (unpaired) electrons. The number of phenolic OH excluding ortho intramolecular Hbond substituents is 1. The van der Waals surface area contributed by atoms with Gasteiger partial charge >= 0.3 is 0 Å². The maximum Gasteiger partial charge on any atom is 0.284 e. The van der Waals surface area contributed by atoms with Crippen LogP contribution in [0.3, 0.4) is 0 Å². The van der Waals surface area contributed by atoms with Crippen molar-refractivity contribution in [3.63, 3.8) is 0 Å². The summed E-state index contributed by atoms with van der Waals surface area (Å²) in [5, 5.41) is 20.9. The Bertz CT molecular complexity index is 650. The zero-order chi connectivity index (χ0) is 14.0. The van der Waals surface area contributed by atoms with Gasteiger partial charge in [-0.15, -0.1) is 0 Å². The molecule has 2 aromatic rings. The molecule has 2 rings (SSSR count). The van der Waals surface area contributed by atoms with E-state index in [9.17, 15) is 20.0 Å². The number of nitrogens with zero attached hydrogens (tertiary/aromatic N) is 1. The fourth-order valence-corrected chi connectivity index (χ4v) is 1.79. The number of hydrogen-bond donors (Lipinski definition) is 1. The van der Waals surface area contributed by atoms with Crippen LogP contribution in [-0.2, 0) is 0 Å². The molecule has 0 atom stereocenters. The monoisotopic (exact) mass is 257 g/mol. The second-order valence-electron chi connectivity index (χ2n) is 4.08. The molecule has 0 aliphatic carbocycles. The van der Waals surface area contributed by atoms with Crippen molar-refractivity contribution >= 4 is 11.5 Å². The van der Waals surface area contributed by atoms with Gasteiger partial charge in [0.25, 0.3) is 5.69 Å². The minimum Gasteiger partial charge on any atom is -0.507 e. The van der Waals surface area contributed by atoms with Gasteiger partial charge in [0.15, 0.2) is 0 Å². The van der Waals surface area contributed by atoms with Crippen LogP contribution in [0.1, 0.15) is 21.5 Å². The minimum atomic E-state index is -0.671. The van der Waals surface area contributed by atoms with Crippen LogP contribution in [0.5, 0.6) is 5.75 Å². The fourth-order valence-electron chi connectivity index (χ4n) is 1.79. The molecule has 0 heterocycles. The molecule has 19 heavy (non-hydrogen) atoms. The minimum absolute atomic E-state index is 0.267. The molecular weight excluding hydrogens is 246 g/mol. The number of phenols is 1. The van der Waals surface area contributed by atoms with E-state index in [0.29, 0.717) is 11.1 Å². The van der Waals surface area contributed by atoms with E-state index >= 15 is 0 Å². The quantitative estimate of drug-likeness (QED) is 0.520. The molecule has 0 amide bonds. The third-order valence-corrected chi connectivity index (χ3v) is 2.82. The molecule has 0 unspecified atom stereocenters. The Balaban J connectivity index is 2.64. The van der Waals surface area contributed by atoms with E-state index in [-0.39, 0.29) is 11.3 Å². The van der Waals surface area contributed by atoms with Crippen molar-refractivity contribution in [3.8, 4) is 5.75 Å². The second-order valence-corrected chi connectivity index (χ2v) is 4.08. The van der Waals surface area contributed by atoms with Crippen molar-refractivity contribution in [1.29, 1.82) is 0 Å². The number of carbonyl (C=O) groups excluding carboxylic acids is 1. The number of carbonyl (C=O) groups is 1. The van der Waals surface area contributed by atoms with Gasteiger partial charge in [0.05, 0.1) is 4.92 Å². The summed E-state index contributed by atoms with van der Waals surface area (Å²) in [4.78, 5) is 22.6. The fraction of sp³-hybridized carbons (Fsp3) is 0.0714. The number of ketones is 1. The molecule has 0 aliphatic rings. The maximum absolute atomic E-state index is 12.3. The molecule has 2 aromatic carbocycles. The van der Waals surface area contributed by atoms with Gasteiger partial charge in [0.2, 0.25) is 5.78 Å². The van der Waals surface area contributed by atoms with Crippen LogP contribution < -0.4 is 0 Å². The Hall–Kier alpha value is -2.69.